The Bertz CT molecular complexity index is 859. The summed E-state index contributed by atoms with van der Waals surface area (Å²) in [6, 6.07) is 8.27. The van der Waals surface area contributed by atoms with E-state index in [0.29, 0.717) is 11.8 Å². The molecular formula is C20H24N4O3S. The van der Waals surface area contributed by atoms with E-state index in [2.05, 4.69) is 46.2 Å². The Balaban J connectivity index is 1.57. The number of ether oxygens (including phenoxy) is 1. The van der Waals surface area contributed by atoms with E-state index in [1.165, 1.54) is 28.3 Å². The summed E-state index contributed by atoms with van der Waals surface area (Å²) in [6.45, 7) is 5.81. The molecule has 2 aliphatic rings. The Morgan fingerprint density at radius 2 is 2.00 bits per heavy atom. The zero-order valence-corrected chi connectivity index (χ0v) is 16.9. The normalized spacial score (nSPS) is 21.5. The predicted molar refractivity (Wildman–Crippen MR) is 105 cm³/mol. The van der Waals surface area contributed by atoms with Crippen LogP contribution >= 0.6 is 11.8 Å². The number of hydrogen-bond acceptors (Lipinski definition) is 7. The molecule has 3 heterocycles. The molecule has 0 aliphatic carbocycles. The third-order valence-electron chi connectivity index (χ3n) is 5.45. The van der Waals surface area contributed by atoms with Crippen molar-refractivity contribution >= 4 is 23.6 Å². The lowest BCUT2D eigenvalue weighted by atomic mass is 9.92. The fourth-order valence-corrected chi connectivity index (χ4v) is 5.19. The third kappa shape index (κ3) is 3.58. The van der Waals surface area contributed by atoms with Crippen molar-refractivity contribution in [2.24, 2.45) is 5.92 Å². The summed E-state index contributed by atoms with van der Waals surface area (Å²) < 4.78 is 6.59. The number of likely N-dealkylation sites (tertiary alicyclic amines) is 1. The van der Waals surface area contributed by atoms with Crippen LogP contribution in [0.1, 0.15) is 41.7 Å². The van der Waals surface area contributed by atoms with E-state index in [1.807, 2.05) is 6.92 Å². The first-order valence-corrected chi connectivity index (χ1v) is 10.5. The number of benzene rings is 1. The number of hydrogen-bond donors (Lipinski definition) is 0. The second-order valence-electron chi connectivity index (χ2n) is 7.25. The Morgan fingerprint density at radius 1 is 1.29 bits per heavy atom. The van der Waals surface area contributed by atoms with Crippen LogP contribution in [0.3, 0.4) is 0 Å². The fourth-order valence-electron chi connectivity index (χ4n) is 3.96. The molecule has 0 N–H and O–H groups in total. The van der Waals surface area contributed by atoms with Crippen LogP contribution in [-0.2, 0) is 9.53 Å². The highest BCUT2D eigenvalue weighted by molar-refractivity contribution is 8.00. The van der Waals surface area contributed by atoms with Crippen molar-refractivity contribution in [3.8, 4) is 0 Å². The topological polar surface area (TPSA) is 77.3 Å². The Kier molecular flexibility index (Phi) is 5.50. The molecule has 28 heavy (non-hydrogen) atoms. The van der Waals surface area contributed by atoms with Crippen molar-refractivity contribution in [2.45, 2.75) is 43.1 Å². The van der Waals surface area contributed by atoms with Gasteiger partial charge in [0.1, 0.15) is 11.6 Å². The predicted octanol–water partition coefficient (Wildman–Crippen LogP) is 2.72. The number of esters is 1. The lowest BCUT2D eigenvalue weighted by Gasteiger charge is -2.38. The number of fused-ring (bicyclic) bond motifs is 1. The summed E-state index contributed by atoms with van der Waals surface area (Å²) >= 11 is 1.47. The zero-order chi connectivity index (χ0) is 19.7. The monoisotopic (exact) mass is 400 g/mol. The van der Waals surface area contributed by atoms with Crippen LogP contribution in [0.25, 0.3) is 0 Å². The summed E-state index contributed by atoms with van der Waals surface area (Å²) in [4.78, 5) is 31.6. The molecule has 1 fully saturated rings. The van der Waals surface area contributed by atoms with Crippen LogP contribution < -0.4 is 0 Å². The van der Waals surface area contributed by atoms with Gasteiger partial charge in [-0.25, -0.2) is 4.98 Å². The number of thioether (sulfide) groups is 1. The maximum absolute atomic E-state index is 13.0. The molecule has 7 nitrogen and oxygen atoms in total. The van der Waals surface area contributed by atoms with Crippen molar-refractivity contribution in [3.63, 3.8) is 0 Å². The maximum Gasteiger partial charge on any atom is 0.309 e. The van der Waals surface area contributed by atoms with Gasteiger partial charge >= 0.3 is 5.97 Å². The highest BCUT2D eigenvalue weighted by Crippen LogP contribution is 2.41. The molecule has 0 radical (unpaired) electrons. The van der Waals surface area contributed by atoms with Crippen LogP contribution in [0, 0.1) is 12.8 Å². The van der Waals surface area contributed by atoms with Crippen LogP contribution in [0.4, 0.5) is 0 Å². The molecule has 2 aliphatic heterocycles. The maximum atomic E-state index is 13.0. The lowest BCUT2D eigenvalue weighted by molar-refractivity contribution is -0.149. The van der Waals surface area contributed by atoms with Gasteiger partial charge in [0.25, 0.3) is 5.91 Å². The standard InChI is InChI=1S/C20H24N4O3S/c1-3-27-19(26)15-8-10-23(11-9-15)16(14-6-4-13(2)5-7-14)17-18(25)24-20(28-17)21-12-22-24/h4-7,12,15-17H,3,8-11H2,1-2H3. The zero-order valence-electron chi connectivity index (χ0n) is 16.1. The van der Waals surface area contributed by atoms with E-state index in [1.54, 1.807) is 0 Å². The average Bonchev–Trinajstić information content (AvgIpc) is 3.28. The van der Waals surface area contributed by atoms with Gasteiger partial charge in [-0.3, -0.25) is 14.5 Å². The van der Waals surface area contributed by atoms with E-state index in [-0.39, 0.29) is 29.1 Å². The summed E-state index contributed by atoms with van der Waals surface area (Å²) in [5.74, 6) is -0.195. The van der Waals surface area contributed by atoms with Crippen LogP contribution in [0.5, 0.6) is 0 Å². The molecule has 0 saturated carbocycles. The van der Waals surface area contributed by atoms with Crippen molar-refractivity contribution in [2.75, 3.05) is 19.7 Å². The Morgan fingerprint density at radius 3 is 2.64 bits per heavy atom. The van der Waals surface area contributed by atoms with Crippen molar-refractivity contribution in [1.29, 1.82) is 0 Å². The number of rotatable bonds is 5. The first-order chi connectivity index (χ1) is 13.6. The van der Waals surface area contributed by atoms with E-state index >= 15 is 0 Å². The molecule has 1 saturated heterocycles. The molecule has 0 bridgehead atoms. The first-order valence-electron chi connectivity index (χ1n) is 9.66. The summed E-state index contributed by atoms with van der Waals surface area (Å²) in [5, 5.41) is 4.43. The Hall–Kier alpha value is -2.19. The largest absolute Gasteiger partial charge is 0.466 e. The van der Waals surface area contributed by atoms with Gasteiger partial charge in [0.05, 0.1) is 18.6 Å². The SMILES string of the molecule is CCOC(=O)C1CCN(C(c2ccc(C)cc2)C2Sc3ncnn3C2=O)CC1. The molecule has 2 unspecified atom stereocenters. The summed E-state index contributed by atoms with van der Waals surface area (Å²) in [6.07, 6.45) is 2.91. The minimum absolute atomic E-state index is 0.0319. The molecule has 0 amide bonds. The minimum Gasteiger partial charge on any atom is -0.466 e. The van der Waals surface area contributed by atoms with Crippen LogP contribution in [-0.4, -0.2) is 56.5 Å². The van der Waals surface area contributed by atoms with Gasteiger partial charge < -0.3 is 4.74 Å². The lowest BCUT2D eigenvalue weighted by Crippen LogP contribution is -2.44. The van der Waals surface area contributed by atoms with E-state index < -0.39 is 0 Å². The highest BCUT2D eigenvalue weighted by Gasteiger charge is 2.43. The van der Waals surface area contributed by atoms with E-state index in [9.17, 15) is 9.59 Å². The number of carbonyl (C=O) groups is 2. The number of piperidine rings is 1. The van der Waals surface area contributed by atoms with Gasteiger partial charge in [-0.05, 0) is 45.3 Å². The van der Waals surface area contributed by atoms with Crippen LogP contribution in [0.2, 0.25) is 0 Å². The molecule has 0 spiro atoms. The second-order valence-corrected chi connectivity index (χ2v) is 8.36. The first kappa shape index (κ1) is 19.1. The van der Waals surface area contributed by atoms with Crippen molar-refractivity contribution < 1.29 is 14.3 Å². The van der Waals surface area contributed by atoms with Crippen LogP contribution in [0.15, 0.2) is 35.7 Å². The fraction of sp³-hybridized carbons (Fsp3) is 0.500. The number of aromatic nitrogens is 3. The van der Waals surface area contributed by atoms with Gasteiger partial charge in [0.15, 0.2) is 5.16 Å². The van der Waals surface area contributed by atoms with Gasteiger partial charge in [-0.1, -0.05) is 41.6 Å². The van der Waals surface area contributed by atoms with Gasteiger partial charge in [-0.15, -0.1) is 0 Å². The van der Waals surface area contributed by atoms with Crippen molar-refractivity contribution in [3.05, 3.63) is 41.7 Å². The number of carbonyl (C=O) groups excluding carboxylic acids is 2. The quantitative estimate of drug-likeness (QED) is 0.714. The minimum atomic E-state index is -0.293. The third-order valence-corrected chi connectivity index (χ3v) is 6.65. The van der Waals surface area contributed by atoms with Gasteiger partial charge in [-0.2, -0.15) is 9.78 Å². The number of nitrogens with zero attached hydrogens (tertiary/aromatic N) is 4. The summed E-state index contributed by atoms with van der Waals surface area (Å²) in [5.41, 5.74) is 2.29. The molecule has 1 aromatic carbocycles. The number of aryl methyl sites for hydroxylation is 1. The van der Waals surface area contributed by atoms with E-state index in [0.717, 1.165) is 31.5 Å². The van der Waals surface area contributed by atoms with Gasteiger partial charge in [0, 0.05) is 0 Å². The van der Waals surface area contributed by atoms with Crippen molar-refractivity contribution in [1.82, 2.24) is 19.7 Å². The second kappa shape index (κ2) is 8.05. The van der Waals surface area contributed by atoms with Gasteiger partial charge in [0.2, 0.25) is 0 Å². The smallest absolute Gasteiger partial charge is 0.309 e. The molecule has 2 atom stereocenters. The molecule has 8 heteroatoms. The molecule has 4 rings (SSSR count). The highest BCUT2D eigenvalue weighted by atomic mass is 32.2. The molecule has 2 aromatic rings. The van der Waals surface area contributed by atoms with E-state index in [4.69, 9.17) is 4.74 Å². The molecule has 1 aromatic heterocycles. The Labute approximate surface area is 168 Å². The molecular weight excluding hydrogens is 376 g/mol. The average molecular weight is 401 g/mol. The summed E-state index contributed by atoms with van der Waals surface area (Å²) in [7, 11) is 0. The molecule has 148 valence electrons.